The number of halogens is 2. The van der Waals surface area contributed by atoms with Crippen molar-refractivity contribution in [1.29, 1.82) is 0 Å². The van der Waals surface area contributed by atoms with Crippen LogP contribution in [0.15, 0.2) is 53.5 Å². The molecule has 1 aromatic heterocycles. The highest BCUT2D eigenvalue weighted by atomic mass is 35.5. The zero-order valence-corrected chi connectivity index (χ0v) is 17.3. The second-order valence-corrected chi connectivity index (χ2v) is 7.16. The lowest BCUT2D eigenvalue weighted by Gasteiger charge is -2.13. The van der Waals surface area contributed by atoms with Crippen LogP contribution in [0.25, 0.3) is 0 Å². The predicted molar refractivity (Wildman–Crippen MR) is 113 cm³/mol. The largest absolute Gasteiger partial charge is 0.352 e. The Kier molecular flexibility index (Phi) is 6.90. The van der Waals surface area contributed by atoms with Crippen LogP contribution in [0.4, 0.5) is 0 Å². The van der Waals surface area contributed by atoms with E-state index in [-0.39, 0.29) is 0 Å². The molecule has 0 fully saturated rings. The number of nitrogens with one attached hydrogen (secondary N) is 2. The number of benzene rings is 2. The van der Waals surface area contributed by atoms with E-state index in [4.69, 9.17) is 23.2 Å². The molecular formula is C20H22Cl2N6. The third kappa shape index (κ3) is 5.47. The second-order valence-electron chi connectivity index (χ2n) is 6.32. The average molecular weight is 417 g/mol. The maximum Gasteiger partial charge on any atom is 0.192 e. The van der Waals surface area contributed by atoms with Crippen LogP contribution in [-0.4, -0.2) is 20.7 Å². The van der Waals surface area contributed by atoms with Crippen LogP contribution < -0.4 is 10.6 Å². The number of rotatable bonds is 6. The van der Waals surface area contributed by atoms with Gasteiger partial charge in [0.05, 0.1) is 13.1 Å². The maximum absolute atomic E-state index is 6.28. The maximum atomic E-state index is 6.28. The molecule has 0 spiro atoms. The normalized spacial score (nSPS) is 11.5. The minimum atomic E-state index is 0.506. The Balaban J connectivity index is 1.70. The SMILES string of the molecule is Cc1nnc(CNC(=NCc2ccccc2)NCc2ccc(Cl)cc2Cl)n1C. The highest BCUT2D eigenvalue weighted by molar-refractivity contribution is 6.35. The molecule has 0 aliphatic carbocycles. The molecule has 146 valence electrons. The van der Waals surface area contributed by atoms with Gasteiger partial charge in [0.15, 0.2) is 11.8 Å². The van der Waals surface area contributed by atoms with Gasteiger partial charge in [-0.1, -0.05) is 59.6 Å². The molecule has 0 unspecified atom stereocenters. The molecule has 1 heterocycles. The van der Waals surface area contributed by atoms with Gasteiger partial charge in [-0.15, -0.1) is 10.2 Å². The smallest absolute Gasteiger partial charge is 0.192 e. The fraction of sp³-hybridized carbons (Fsp3) is 0.250. The number of hydrogen-bond acceptors (Lipinski definition) is 3. The molecule has 0 radical (unpaired) electrons. The monoisotopic (exact) mass is 416 g/mol. The van der Waals surface area contributed by atoms with Crippen molar-refractivity contribution in [2.24, 2.45) is 12.0 Å². The molecule has 0 saturated heterocycles. The van der Waals surface area contributed by atoms with E-state index in [1.54, 1.807) is 6.07 Å². The first-order chi connectivity index (χ1) is 13.5. The van der Waals surface area contributed by atoms with Crippen LogP contribution >= 0.6 is 23.2 Å². The summed E-state index contributed by atoms with van der Waals surface area (Å²) in [6.07, 6.45) is 0. The van der Waals surface area contributed by atoms with E-state index in [2.05, 4.69) is 25.8 Å². The molecule has 6 nitrogen and oxygen atoms in total. The van der Waals surface area contributed by atoms with Gasteiger partial charge in [0.2, 0.25) is 0 Å². The summed E-state index contributed by atoms with van der Waals surface area (Å²) in [5, 5.41) is 16.1. The molecule has 2 aromatic carbocycles. The topological polar surface area (TPSA) is 67.1 Å². The van der Waals surface area contributed by atoms with Crippen molar-refractivity contribution in [2.45, 2.75) is 26.6 Å². The first-order valence-electron chi connectivity index (χ1n) is 8.88. The van der Waals surface area contributed by atoms with Crippen LogP contribution in [0.1, 0.15) is 22.8 Å². The van der Waals surface area contributed by atoms with Crippen LogP contribution in [-0.2, 0) is 26.7 Å². The molecule has 0 atom stereocenters. The zero-order chi connectivity index (χ0) is 19.9. The van der Waals surface area contributed by atoms with Crippen LogP contribution in [0, 0.1) is 6.92 Å². The molecule has 0 bridgehead atoms. The summed E-state index contributed by atoms with van der Waals surface area (Å²) in [5.74, 6) is 2.35. The van der Waals surface area contributed by atoms with Crippen molar-refractivity contribution < 1.29 is 0 Å². The van der Waals surface area contributed by atoms with Gasteiger partial charge < -0.3 is 15.2 Å². The van der Waals surface area contributed by atoms with Crippen LogP contribution in [0.3, 0.4) is 0 Å². The third-order valence-electron chi connectivity index (χ3n) is 4.32. The molecule has 3 rings (SSSR count). The fourth-order valence-corrected chi connectivity index (χ4v) is 3.02. The van der Waals surface area contributed by atoms with E-state index in [0.717, 1.165) is 22.8 Å². The minimum Gasteiger partial charge on any atom is -0.352 e. The lowest BCUT2D eigenvalue weighted by atomic mass is 10.2. The van der Waals surface area contributed by atoms with Gasteiger partial charge in [-0.2, -0.15) is 0 Å². The highest BCUT2D eigenvalue weighted by Crippen LogP contribution is 2.20. The molecule has 0 saturated carbocycles. The number of guanidine groups is 1. The zero-order valence-electron chi connectivity index (χ0n) is 15.8. The Morgan fingerprint density at radius 2 is 1.79 bits per heavy atom. The van der Waals surface area contributed by atoms with Crippen LogP contribution in [0.5, 0.6) is 0 Å². The third-order valence-corrected chi connectivity index (χ3v) is 4.91. The molecule has 0 amide bonds. The second kappa shape index (κ2) is 9.57. The summed E-state index contributed by atoms with van der Waals surface area (Å²) in [7, 11) is 1.94. The Labute approximate surface area is 174 Å². The Morgan fingerprint density at radius 1 is 1.04 bits per heavy atom. The Morgan fingerprint density at radius 3 is 2.46 bits per heavy atom. The predicted octanol–water partition coefficient (Wildman–Crippen LogP) is 3.87. The molecule has 0 aliphatic rings. The van der Waals surface area contributed by atoms with Crippen molar-refractivity contribution >= 4 is 29.2 Å². The van der Waals surface area contributed by atoms with E-state index in [9.17, 15) is 0 Å². The number of aryl methyl sites for hydroxylation is 1. The minimum absolute atomic E-state index is 0.506. The molecule has 3 aromatic rings. The summed E-state index contributed by atoms with van der Waals surface area (Å²) >= 11 is 12.3. The van der Waals surface area contributed by atoms with Crippen molar-refractivity contribution in [1.82, 2.24) is 25.4 Å². The summed E-state index contributed by atoms with van der Waals surface area (Å²) in [5.41, 5.74) is 2.07. The molecule has 2 N–H and O–H groups in total. The standard InChI is InChI=1S/C20H22Cl2N6/c1-14-26-27-19(28(14)2)13-25-20(23-11-15-6-4-3-5-7-15)24-12-16-8-9-17(21)10-18(16)22/h3-10H,11-13H2,1-2H3,(H2,23,24,25). The first kappa shape index (κ1) is 20.2. The first-order valence-corrected chi connectivity index (χ1v) is 9.63. The molecule has 0 aliphatic heterocycles. The van der Waals surface area contributed by atoms with Crippen molar-refractivity contribution in [2.75, 3.05) is 0 Å². The van der Waals surface area contributed by atoms with Crippen molar-refractivity contribution in [3.05, 3.63) is 81.4 Å². The van der Waals surface area contributed by atoms with Gasteiger partial charge in [0, 0.05) is 23.6 Å². The summed E-state index contributed by atoms with van der Waals surface area (Å²) in [4.78, 5) is 4.68. The number of aromatic nitrogens is 3. The highest BCUT2D eigenvalue weighted by Gasteiger charge is 2.08. The number of nitrogens with zero attached hydrogens (tertiary/aromatic N) is 4. The van der Waals surface area contributed by atoms with Gasteiger partial charge in [0.25, 0.3) is 0 Å². The van der Waals surface area contributed by atoms with E-state index in [0.29, 0.717) is 35.6 Å². The number of aliphatic imine (C=N–C) groups is 1. The summed E-state index contributed by atoms with van der Waals surface area (Å²) in [6, 6.07) is 15.5. The molecular weight excluding hydrogens is 395 g/mol. The lowest BCUT2D eigenvalue weighted by molar-refractivity contribution is 0.714. The average Bonchev–Trinajstić information content (AvgIpc) is 3.01. The van der Waals surface area contributed by atoms with Gasteiger partial charge in [-0.3, -0.25) is 0 Å². The summed E-state index contributed by atoms with van der Waals surface area (Å²) < 4.78 is 1.94. The lowest BCUT2D eigenvalue weighted by Crippen LogP contribution is -2.37. The Hall–Kier alpha value is -2.57. The van der Waals surface area contributed by atoms with E-state index < -0.39 is 0 Å². The molecule has 28 heavy (non-hydrogen) atoms. The fourth-order valence-electron chi connectivity index (χ4n) is 2.54. The summed E-state index contributed by atoms with van der Waals surface area (Å²) in [6.45, 7) is 3.50. The van der Waals surface area contributed by atoms with Gasteiger partial charge in [-0.05, 0) is 30.2 Å². The quantitative estimate of drug-likeness (QED) is 0.472. The molecule has 8 heteroatoms. The van der Waals surface area contributed by atoms with Crippen LogP contribution in [0.2, 0.25) is 10.0 Å². The van der Waals surface area contributed by atoms with E-state index in [1.807, 2.05) is 61.0 Å². The van der Waals surface area contributed by atoms with E-state index in [1.165, 1.54) is 0 Å². The number of hydrogen-bond donors (Lipinski definition) is 2. The van der Waals surface area contributed by atoms with Gasteiger partial charge >= 0.3 is 0 Å². The van der Waals surface area contributed by atoms with Gasteiger partial charge in [-0.25, -0.2) is 4.99 Å². The van der Waals surface area contributed by atoms with Gasteiger partial charge in [0.1, 0.15) is 5.82 Å². The Bertz CT molecular complexity index is 953. The van der Waals surface area contributed by atoms with Crippen molar-refractivity contribution in [3.8, 4) is 0 Å². The van der Waals surface area contributed by atoms with Crippen molar-refractivity contribution in [3.63, 3.8) is 0 Å². The van der Waals surface area contributed by atoms with E-state index >= 15 is 0 Å².